The molecule has 1 aromatic carbocycles. The fourth-order valence-electron chi connectivity index (χ4n) is 1.82. The van der Waals surface area contributed by atoms with Gasteiger partial charge in [0.05, 0.1) is 18.1 Å². The zero-order valence-electron chi connectivity index (χ0n) is 9.47. The molecule has 0 bridgehead atoms. The van der Waals surface area contributed by atoms with Crippen molar-refractivity contribution in [3.05, 3.63) is 33.9 Å². The summed E-state index contributed by atoms with van der Waals surface area (Å²) in [5, 5.41) is 10.1. The van der Waals surface area contributed by atoms with E-state index in [4.69, 9.17) is 16.3 Å². The smallest absolute Gasteiger partial charge is 0.272 e. The van der Waals surface area contributed by atoms with E-state index in [1.165, 1.54) is 12.1 Å². The number of halogens is 1. The number of carbonyl (C=O) groups is 1. The quantitative estimate of drug-likeness (QED) is 0.476. The first-order chi connectivity index (χ1) is 8.58. The van der Waals surface area contributed by atoms with E-state index in [1.807, 2.05) is 4.90 Å². The Morgan fingerprint density at radius 1 is 1.33 bits per heavy atom. The van der Waals surface area contributed by atoms with Crippen molar-refractivity contribution in [3.63, 3.8) is 0 Å². The van der Waals surface area contributed by atoms with Crippen molar-refractivity contribution in [1.82, 2.24) is 0 Å². The minimum atomic E-state index is -0.701. The number of ether oxygens (including phenoxy) is 1. The summed E-state index contributed by atoms with van der Waals surface area (Å²) in [6.45, 7) is 2.40. The highest BCUT2D eigenvalue weighted by Crippen LogP contribution is 2.25. The molecule has 0 N–H and O–H groups in total. The van der Waals surface area contributed by atoms with Crippen LogP contribution in [-0.4, -0.2) is 36.5 Å². The van der Waals surface area contributed by atoms with E-state index in [0.717, 1.165) is 0 Å². The minimum Gasteiger partial charge on any atom is -0.378 e. The lowest BCUT2D eigenvalue weighted by molar-refractivity contribution is -0.384. The fourth-order valence-corrected chi connectivity index (χ4v) is 1.93. The fraction of sp³-hybridized carbons (Fsp3) is 0.364. The Hall–Kier alpha value is -1.66. The van der Waals surface area contributed by atoms with E-state index in [1.54, 1.807) is 6.07 Å². The Bertz CT molecular complexity index is 454. The van der Waals surface area contributed by atoms with Gasteiger partial charge >= 0.3 is 0 Å². The molecule has 0 aliphatic carbocycles. The lowest BCUT2D eigenvalue weighted by atomic mass is 10.1. The lowest BCUT2D eigenvalue weighted by Crippen LogP contribution is -2.36. The van der Waals surface area contributed by atoms with E-state index in [-0.39, 0.29) is 11.3 Å². The summed E-state index contributed by atoms with van der Waals surface area (Å²) in [5.41, 5.74) is 0.617. The van der Waals surface area contributed by atoms with Gasteiger partial charge in [0.25, 0.3) is 10.9 Å². The molecule has 0 amide bonds. The molecule has 96 valence electrons. The Labute approximate surface area is 108 Å². The molecular weight excluding hydrogens is 260 g/mol. The molecule has 1 fully saturated rings. The second kappa shape index (κ2) is 5.32. The number of morpholine rings is 1. The third-order valence-corrected chi connectivity index (χ3v) is 2.93. The third-order valence-electron chi connectivity index (χ3n) is 2.72. The summed E-state index contributed by atoms with van der Waals surface area (Å²) in [7, 11) is 0. The molecule has 0 atom stereocenters. The maximum absolute atomic E-state index is 11.2. The molecule has 2 rings (SSSR count). The minimum absolute atomic E-state index is 0.132. The average Bonchev–Trinajstić information content (AvgIpc) is 2.39. The highest BCUT2D eigenvalue weighted by atomic mass is 35.5. The molecule has 1 heterocycles. The van der Waals surface area contributed by atoms with Crippen molar-refractivity contribution in [1.29, 1.82) is 0 Å². The normalized spacial score (nSPS) is 15.5. The Kier molecular flexibility index (Phi) is 3.78. The summed E-state index contributed by atoms with van der Waals surface area (Å²) < 4.78 is 5.21. The summed E-state index contributed by atoms with van der Waals surface area (Å²) in [4.78, 5) is 23.4. The van der Waals surface area contributed by atoms with Gasteiger partial charge in [-0.1, -0.05) is 0 Å². The number of benzene rings is 1. The second-order valence-corrected chi connectivity index (χ2v) is 4.21. The maximum Gasteiger partial charge on any atom is 0.272 e. The number of rotatable bonds is 3. The van der Waals surface area contributed by atoms with Crippen LogP contribution in [0.4, 0.5) is 11.4 Å². The molecule has 0 radical (unpaired) electrons. The number of nitro benzene ring substituents is 1. The molecule has 0 unspecified atom stereocenters. The molecule has 1 aliphatic rings. The zero-order chi connectivity index (χ0) is 13.1. The SMILES string of the molecule is O=C(Cl)c1cc(N2CCOCC2)cc([N+](=O)[O-])c1. The molecule has 0 spiro atoms. The Morgan fingerprint density at radius 2 is 2.00 bits per heavy atom. The van der Waals surface area contributed by atoms with Crippen molar-refractivity contribution < 1.29 is 14.5 Å². The first-order valence-electron chi connectivity index (χ1n) is 5.40. The number of hydrogen-bond donors (Lipinski definition) is 0. The Morgan fingerprint density at radius 3 is 2.56 bits per heavy atom. The van der Waals surface area contributed by atoms with Crippen LogP contribution >= 0.6 is 11.6 Å². The molecule has 1 saturated heterocycles. The van der Waals surface area contributed by atoms with Gasteiger partial charge in [-0.15, -0.1) is 0 Å². The van der Waals surface area contributed by atoms with Crippen molar-refractivity contribution in [2.75, 3.05) is 31.2 Å². The molecule has 1 aromatic rings. The van der Waals surface area contributed by atoms with Gasteiger partial charge in [0.15, 0.2) is 0 Å². The topological polar surface area (TPSA) is 72.7 Å². The van der Waals surface area contributed by atoms with Crippen LogP contribution in [0, 0.1) is 10.1 Å². The van der Waals surface area contributed by atoms with Gasteiger partial charge in [-0.25, -0.2) is 0 Å². The predicted molar refractivity (Wildman–Crippen MR) is 66.3 cm³/mol. The van der Waals surface area contributed by atoms with Gasteiger partial charge in [-0.05, 0) is 17.7 Å². The van der Waals surface area contributed by atoms with E-state index < -0.39 is 10.2 Å². The zero-order valence-corrected chi connectivity index (χ0v) is 10.2. The van der Waals surface area contributed by atoms with Crippen LogP contribution in [0.15, 0.2) is 18.2 Å². The van der Waals surface area contributed by atoms with Crippen LogP contribution in [0.5, 0.6) is 0 Å². The van der Waals surface area contributed by atoms with Crippen LogP contribution < -0.4 is 4.90 Å². The van der Waals surface area contributed by atoms with E-state index in [2.05, 4.69) is 0 Å². The number of nitro groups is 1. The predicted octanol–water partition coefficient (Wildman–Crippen LogP) is 1.81. The van der Waals surface area contributed by atoms with Gasteiger partial charge in [0.2, 0.25) is 0 Å². The average molecular weight is 271 g/mol. The number of hydrogen-bond acceptors (Lipinski definition) is 5. The summed E-state index contributed by atoms with van der Waals surface area (Å²) in [6, 6.07) is 4.18. The van der Waals surface area contributed by atoms with Crippen LogP contribution in [0.2, 0.25) is 0 Å². The van der Waals surface area contributed by atoms with Crippen LogP contribution in [-0.2, 0) is 4.74 Å². The lowest BCUT2D eigenvalue weighted by Gasteiger charge is -2.28. The van der Waals surface area contributed by atoms with Crippen molar-refractivity contribution in [2.45, 2.75) is 0 Å². The third kappa shape index (κ3) is 2.77. The van der Waals surface area contributed by atoms with Gasteiger partial charge in [0.1, 0.15) is 0 Å². The first-order valence-corrected chi connectivity index (χ1v) is 5.78. The van der Waals surface area contributed by atoms with E-state index in [0.29, 0.717) is 32.0 Å². The molecule has 6 nitrogen and oxygen atoms in total. The highest BCUT2D eigenvalue weighted by Gasteiger charge is 2.18. The van der Waals surface area contributed by atoms with Crippen LogP contribution in [0.3, 0.4) is 0 Å². The monoisotopic (exact) mass is 270 g/mol. The van der Waals surface area contributed by atoms with Crippen molar-refractivity contribution >= 4 is 28.2 Å². The number of non-ortho nitro benzene ring substituents is 1. The van der Waals surface area contributed by atoms with E-state index in [9.17, 15) is 14.9 Å². The van der Waals surface area contributed by atoms with Crippen molar-refractivity contribution in [2.24, 2.45) is 0 Å². The summed E-state index contributed by atoms with van der Waals surface area (Å²) >= 11 is 5.39. The molecule has 18 heavy (non-hydrogen) atoms. The standard InChI is InChI=1S/C11H11ClN2O4/c12-11(15)8-5-9(7-10(6-8)14(16)17)13-1-3-18-4-2-13/h5-7H,1-4H2. The largest absolute Gasteiger partial charge is 0.378 e. The summed E-state index contributed by atoms with van der Waals surface area (Å²) in [6.07, 6.45) is 0. The van der Waals surface area contributed by atoms with Gasteiger partial charge < -0.3 is 9.64 Å². The Balaban J connectivity index is 2.38. The van der Waals surface area contributed by atoms with E-state index >= 15 is 0 Å². The van der Waals surface area contributed by atoms with Gasteiger partial charge in [0, 0.05) is 36.5 Å². The molecule has 7 heteroatoms. The number of nitrogens with zero attached hydrogens (tertiary/aromatic N) is 2. The number of carbonyl (C=O) groups excluding carboxylic acids is 1. The second-order valence-electron chi connectivity index (χ2n) is 3.87. The van der Waals surface area contributed by atoms with Gasteiger partial charge in [-0.3, -0.25) is 14.9 Å². The molecule has 0 aromatic heterocycles. The van der Waals surface area contributed by atoms with Crippen LogP contribution in [0.1, 0.15) is 10.4 Å². The molecule has 0 saturated carbocycles. The summed E-state index contributed by atoms with van der Waals surface area (Å²) in [5.74, 6) is 0. The highest BCUT2D eigenvalue weighted by molar-refractivity contribution is 6.67. The van der Waals surface area contributed by atoms with Gasteiger partial charge in [-0.2, -0.15) is 0 Å². The number of anilines is 1. The molecular formula is C11H11ClN2O4. The molecule has 1 aliphatic heterocycles. The van der Waals surface area contributed by atoms with Crippen molar-refractivity contribution in [3.8, 4) is 0 Å². The maximum atomic E-state index is 11.2. The van der Waals surface area contributed by atoms with Crippen LogP contribution in [0.25, 0.3) is 0 Å². The first kappa shape index (κ1) is 12.8.